The average Bonchev–Trinajstić information content (AvgIpc) is 3.68. The molecule has 2 rings (SSSR count). The number of allylic oxidation sites excluding steroid dienone is 7. The topological polar surface area (TPSA) is 0 Å². The van der Waals surface area contributed by atoms with Gasteiger partial charge in [-0.25, -0.2) is 0 Å². The Labute approximate surface area is 198 Å². The van der Waals surface area contributed by atoms with E-state index in [-0.39, 0.29) is 0 Å². The van der Waals surface area contributed by atoms with Gasteiger partial charge < -0.3 is 0 Å². The maximum atomic E-state index is 4.01. The van der Waals surface area contributed by atoms with E-state index >= 15 is 0 Å². The Kier molecular flexibility index (Phi) is 33.2. The Balaban J connectivity index is -0.000000202. The molecule has 0 heterocycles. The molecule has 0 atom stereocenters. The first-order valence-electron chi connectivity index (χ1n) is 12.6. The molecule has 0 aromatic heterocycles. The van der Waals surface area contributed by atoms with Gasteiger partial charge in [0.05, 0.1) is 0 Å². The van der Waals surface area contributed by atoms with Crippen LogP contribution in [0.4, 0.5) is 0 Å². The van der Waals surface area contributed by atoms with Gasteiger partial charge in [0.25, 0.3) is 0 Å². The third kappa shape index (κ3) is 22.7. The fraction of sp³-hybridized carbons (Fsp3) is 0.548. The molecule has 0 bridgehead atoms. The van der Waals surface area contributed by atoms with Crippen LogP contribution in [0.5, 0.6) is 0 Å². The molecule has 180 valence electrons. The van der Waals surface area contributed by atoms with E-state index in [1.807, 2.05) is 55.4 Å². The van der Waals surface area contributed by atoms with Crippen LogP contribution in [0.1, 0.15) is 114 Å². The first-order chi connectivity index (χ1) is 15.0. The van der Waals surface area contributed by atoms with Crippen LogP contribution in [-0.4, -0.2) is 0 Å². The lowest BCUT2D eigenvalue weighted by Crippen LogP contribution is -1.88. The van der Waals surface area contributed by atoms with E-state index in [9.17, 15) is 0 Å². The van der Waals surface area contributed by atoms with Crippen LogP contribution in [0.15, 0.2) is 66.3 Å². The van der Waals surface area contributed by atoms with E-state index in [1.54, 1.807) is 5.57 Å². The SMILES string of the molecule is C/C=C(\C)C1CC1.C=C(C)c1ccccc1C/C=C\C=C(C)C.CC.CC.CC.CC. The van der Waals surface area contributed by atoms with Crippen molar-refractivity contribution in [3.8, 4) is 0 Å². The minimum atomic E-state index is 0.965. The maximum Gasteiger partial charge on any atom is -0.00883 e. The zero-order chi connectivity index (χ0) is 25.2. The molecule has 0 heteroatoms. The van der Waals surface area contributed by atoms with Gasteiger partial charge in [0.1, 0.15) is 0 Å². The summed E-state index contributed by atoms with van der Waals surface area (Å²) in [5.74, 6) is 0.977. The summed E-state index contributed by atoms with van der Waals surface area (Å²) in [7, 11) is 0. The van der Waals surface area contributed by atoms with Crippen molar-refractivity contribution in [3.63, 3.8) is 0 Å². The van der Waals surface area contributed by atoms with Gasteiger partial charge in [0.15, 0.2) is 0 Å². The molecule has 0 N–H and O–H groups in total. The fourth-order valence-corrected chi connectivity index (χ4v) is 2.34. The van der Waals surface area contributed by atoms with Crippen molar-refractivity contribution in [2.45, 2.75) is 109 Å². The molecule has 0 radical (unpaired) electrons. The summed E-state index contributed by atoms with van der Waals surface area (Å²) in [6.45, 7) is 30.6. The summed E-state index contributed by atoms with van der Waals surface area (Å²) in [5.41, 5.74) is 6.65. The molecule has 1 aromatic rings. The molecule has 1 aliphatic rings. The monoisotopic (exact) mass is 428 g/mol. The molecule has 0 unspecified atom stereocenters. The van der Waals surface area contributed by atoms with Crippen molar-refractivity contribution in [1.82, 2.24) is 0 Å². The zero-order valence-electron chi connectivity index (χ0n) is 23.5. The molecular formula is C31H56. The summed E-state index contributed by atoms with van der Waals surface area (Å²) >= 11 is 0. The lowest BCUT2D eigenvalue weighted by atomic mass is 9.99. The maximum absolute atomic E-state index is 4.01. The van der Waals surface area contributed by atoms with E-state index in [4.69, 9.17) is 0 Å². The third-order valence-corrected chi connectivity index (χ3v) is 4.06. The smallest absolute Gasteiger partial charge is 0.00883 e. The van der Waals surface area contributed by atoms with E-state index in [0.717, 1.165) is 17.9 Å². The Morgan fingerprint density at radius 2 is 1.35 bits per heavy atom. The van der Waals surface area contributed by atoms with Crippen molar-refractivity contribution in [1.29, 1.82) is 0 Å². The Bertz CT molecular complexity index is 588. The van der Waals surface area contributed by atoms with Crippen LogP contribution in [0.25, 0.3) is 5.57 Å². The van der Waals surface area contributed by atoms with Crippen LogP contribution in [0, 0.1) is 5.92 Å². The molecule has 1 aromatic carbocycles. The van der Waals surface area contributed by atoms with E-state index in [2.05, 4.69) is 89.8 Å². The van der Waals surface area contributed by atoms with Crippen LogP contribution < -0.4 is 0 Å². The van der Waals surface area contributed by atoms with Crippen LogP contribution >= 0.6 is 0 Å². The predicted octanol–water partition coefficient (Wildman–Crippen LogP) is 11.3. The number of rotatable bonds is 5. The van der Waals surface area contributed by atoms with E-state index < -0.39 is 0 Å². The van der Waals surface area contributed by atoms with Crippen LogP contribution in [0.3, 0.4) is 0 Å². The summed E-state index contributed by atoms with van der Waals surface area (Å²) < 4.78 is 0. The molecule has 1 fully saturated rings. The molecule has 1 saturated carbocycles. The molecule has 0 amide bonds. The van der Waals surface area contributed by atoms with Crippen molar-refractivity contribution >= 4 is 5.57 Å². The van der Waals surface area contributed by atoms with E-state index in [0.29, 0.717) is 0 Å². The average molecular weight is 429 g/mol. The summed E-state index contributed by atoms with van der Waals surface area (Å²) in [4.78, 5) is 0. The quantitative estimate of drug-likeness (QED) is 0.323. The van der Waals surface area contributed by atoms with Gasteiger partial charge >= 0.3 is 0 Å². The normalized spacial score (nSPS) is 11.3. The van der Waals surface area contributed by atoms with Gasteiger partial charge in [0.2, 0.25) is 0 Å². The van der Waals surface area contributed by atoms with Crippen molar-refractivity contribution in [2.75, 3.05) is 0 Å². The van der Waals surface area contributed by atoms with Gasteiger partial charge in [0, 0.05) is 0 Å². The number of hydrogen-bond acceptors (Lipinski definition) is 0. The number of benzene rings is 1. The largest absolute Gasteiger partial charge is 0.0955 e. The standard InChI is InChI=1S/C16H20.C7H12.4C2H6/c1-13(2)9-5-6-10-15-11-7-8-12-16(15)14(3)4;1-3-6(2)7-4-5-7;4*1-2/h5-9,11-12H,3,10H2,1-2,4H3;3,7H,4-5H2,1-2H3;4*1-2H3/b6-5-;6-3+;;;;. The second kappa shape index (κ2) is 28.2. The Morgan fingerprint density at radius 3 is 1.71 bits per heavy atom. The van der Waals surface area contributed by atoms with Crippen LogP contribution in [-0.2, 0) is 6.42 Å². The minimum Gasteiger partial charge on any atom is -0.0955 e. The molecule has 0 saturated heterocycles. The molecule has 31 heavy (non-hydrogen) atoms. The lowest BCUT2D eigenvalue weighted by Gasteiger charge is -2.06. The highest BCUT2D eigenvalue weighted by Crippen LogP contribution is 2.35. The Morgan fingerprint density at radius 1 is 0.871 bits per heavy atom. The highest BCUT2D eigenvalue weighted by atomic mass is 14.3. The van der Waals surface area contributed by atoms with Crippen LogP contribution in [0.2, 0.25) is 0 Å². The van der Waals surface area contributed by atoms with Gasteiger partial charge in [-0.3, -0.25) is 0 Å². The zero-order valence-corrected chi connectivity index (χ0v) is 23.5. The lowest BCUT2D eigenvalue weighted by molar-refractivity contribution is 1.00. The van der Waals surface area contributed by atoms with Crippen molar-refractivity contribution in [2.24, 2.45) is 5.92 Å². The summed E-state index contributed by atoms with van der Waals surface area (Å²) in [5, 5.41) is 0. The van der Waals surface area contributed by atoms with Crippen molar-refractivity contribution < 1.29 is 0 Å². The highest BCUT2D eigenvalue weighted by Gasteiger charge is 2.21. The molecule has 0 nitrogen and oxygen atoms in total. The summed E-state index contributed by atoms with van der Waals surface area (Å²) in [6, 6.07) is 8.44. The van der Waals surface area contributed by atoms with Gasteiger partial charge in [-0.05, 0) is 70.9 Å². The predicted molar refractivity (Wildman–Crippen MR) is 151 cm³/mol. The molecule has 0 aliphatic heterocycles. The molecule has 1 aliphatic carbocycles. The second-order valence-corrected chi connectivity index (χ2v) is 6.62. The summed E-state index contributed by atoms with van der Waals surface area (Å²) in [6.07, 6.45) is 12.5. The van der Waals surface area contributed by atoms with Crippen molar-refractivity contribution in [3.05, 3.63) is 77.4 Å². The Hall–Kier alpha value is -1.82. The fourth-order valence-electron chi connectivity index (χ4n) is 2.34. The number of hydrogen-bond donors (Lipinski definition) is 0. The first kappa shape index (κ1) is 36.5. The minimum absolute atomic E-state index is 0.965. The highest BCUT2D eigenvalue weighted by molar-refractivity contribution is 5.64. The molecular weight excluding hydrogens is 372 g/mol. The van der Waals surface area contributed by atoms with Gasteiger partial charge in [-0.2, -0.15) is 0 Å². The first-order valence-corrected chi connectivity index (χ1v) is 12.6. The third-order valence-electron chi connectivity index (χ3n) is 4.06. The van der Waals surface area contributed by atoms with Gasteiger partial charge in [-0.1, -0.05) is 127 Å². The van der Waals surface area contributed by atoms with Gasteiger partial charge in [-0.15, -0.1) is 0 Å². The van der Waals surface area contributed by atoms with E-state index in [1.165, 1.54) is 29.5 Å². The second-order valence-electron chi connectivity index (χ2n) is 6.62. The molecule has 0 spiro atoms.